The van der Waals surface area contributed by atoms with Gasteiger partial charge < -0.3 is 14.2 Å². The third-order valence-electron chi connectivity index (χ3n) is 8.59. The summed E-state index contributed by atoms with van der Waals surface area (Å²) in [4.78, 5) is 4.21. The van der Waals surface area contributed by atoms with Gasteiger partial charge in [-0.1, -0.05) is 51.5 Å². The van der Waals surface area contributed by atoms with E-state index in [0.29, 0.717) is 42.7 Å². The lowest BCUT2D eigenvalue weighted by Gasteiger charge is -2.37. The van der Waals surface area contributed by atoms with Gasteiger partial charge in [0.05, 0.1) is 18.9 Å². The number of rotatable bonds is 10. The van der Waals surface area contributed by atoms with Crippen molar-refractivity contribution in [2.75, 3.05) is 13.2 Å². The molecule has 0 amide bonds. The SMILES string of the molecule is CCCCCC1CCC(C2COC(c3ccc(-c4cc(F)c(C(F)(F)Oc5cc(F)c(F)c(F)c5)c(F)c4)nc3)OC2)CC1. The van der Waals surface area contributed by atoms with Crippen molar-refractivity contribution < 1.29 is 44.9 Å². The van der Waals surface area contributed by atoms with Gasteiger partial charge in [-0.3, -0.25) is 4.98 Å². The van der Waals surface area contributed by atoms with E-state index < -0.39 is 52.8 Å². The molecule has 238 valence electrons. The zero-order valence-electron chi connectivity index (χ0n) is 24.2. The molecule has 3 aromatic rings. The van der Waals surface area contributed by atoms with E-state index in [1.165, 1.54) is 63.6 Å². The third kappa shape index (κ3) is 7.37. The van der Waals surface area contributed by atoms with E-state index in [4.69, 9.17) is 9.47 Å². The summed E-state index contributed by atoms with van der Waals surface area (Å²) in [5.74, 6) is -8.32. The number of alkyl halides is 2. The van der Waals surface area contributed by atoms with E-state index in [2.05, 4.69) is 16.6 Å². The van der Waals surface area contributed by atoms with Crippen molar-refractivity contribution in [1.29, 1.82) is 0 Å². The lowest BCUT2D eigenvalue weighted by molar-refractivity contribution is -0.214. The Hall–Kier alpha value is -3.18. The maximum Gasteiger partial charge on any atom is 0.432 e. The molecule has 1 saturated carbocycles. The third-order valence-corrected chi connectivity index (χ3v) is 8.59. The molecule has 2 fully saturated rings. The van der Waals surface area contributed by atoms with E-state index in [-0.39, 0.29) is 23.4 Å². The van der Waals surface area contributed by atoms with Crippen LogP contribution in [0.25, 0.3) is 11.3 Å². The number of unbranched alkanes of at least 4 members (excludes halogenated alkanes) is 2. The zero-order chi connectivity index (χ0) is 31.4. The average molecular weight is 626 g/mol. The quantitative estimate of drug-likeness (QED) is 0.128. The Labute approximate surface area is 251 Å². The average Bonchev–Trinajstić information content (AvgIpc) is 3.00. The Bertz CT molecular complexity index is 1370. The second-order valence-electron chi connectivity index (χ2n) is 11.6. The Balaban J connectivity index is 1.19. The first kappa shape index (κ1) is 32.2. The molecule has 5 rings (SSSR count). The molecule has 1 aliphatic carbocycles. The molecule has 0 unspecified atom stereocenters. The lowest BCUT2D eigenvalue weighted by Crippen LogP contribution is -2.34. The Morgan fingerprint density at radius 1 is 0.818 bits per heavy atom. The summed E-state index contributed by atoms with van der Waals surface area (Å²) < 4.78 is 115. The maximum atomic E-state index is 14.8. The molecule has 1 aliphatic heterocycles. The van der Waals surface area contributed by atoms with Gasteiger partial charge in [-0.2, -0.15) is 8.78 Å². The monoisotopic (exact) mass is 625 g/mol. The summed E-state index contributed by atoms with van der Waals surface area (Å²) in [6.07, 6.45) is 6.13. The van der Waals surface area contributed by atoms with Crippen LogP contribution < -0.4 is 4.74 Å². The van der Waals surface area contributed by atoms with Crippen molar-refractivity contribution in [1.82, 2.24) is 4.98 Å². The van der Waals surface area contributed by atoms with E-state index in [0.717, 1.165) is 5.92 Å². The van der Waals surface area contributed by atoms with Crippen molar-refractivity contribution in [3.8, 4) is 17.0 Å². The molecule has 0 bridgehead atoms. The smallest absolute Gasteiger partial charge is 0.429 e. The van der Waals surface area contributed by atoms with Crippen LogP contribution in [0, 0.1) is 46.8 Å². The highest BCUT2D eigenvalue weighted by Crippen LogP contribution is 2.40. The first-order chi connectivity index (χ1) is 21.1. The van der Waals surface area contributed by atoms with Crippen molar-refractivity contribution in [2.45, 2.75) is 70.7 Å². The van der Waals surface area contributed by atoms with Crippen LogP contribution in [0.15, 0.2) is 42.6 Å². The molecule has 4 nitrogen and oxygen atoms in total. The van der Waals surface area contributed by atoms with Gasteiger partial charge in [0.15, 0.2) is 23.7 Å². The minimum atomic E-state index is -4.68. The molecule has 44 heavy (non-hydrogen) atoms. The lowest BCUT2D eigenvalue weighted by atomic mass is 9.74. The van der Waals surface area contributed by atoms with Crippen molar-refractivity contribution >= 4 is 0 Å². The van der Waals surface area contributed by atoms with E-state index in [1.54, 1.807) is 6.07 Å². The Kier molecular flexibility index (Phi) is 10.1. The first-order valence-electron chi connectivity index (χ1n) is 15.0. The highest BCUT2D eigenvalue weighted by Gasteiger charge is 2.42. The molecule has 0 spiro atoms. The predicted octanol–water partition coefficient (Wildman–Crippen LogP) is 9.62. The molecule has 2 aliphatic rings. The number of ether oxygens (including phenoxy) is 3. The second kappa shape index (κ2) is 13.9. The molecule has 1 saturated heterocycles. The predicted molar refractivity (Wildman–Crippen MR) is 148 cm³/mol. The van der Waals surface area contributed by atoms with Crippen LogP contribution in [0.4, 0.5) is 30.7 Å². The van der Waals surface area contributed by atoms with Gasteiger partial charge in [-0.15, -0.1) is 0 Å². The summed E-state index contributed by atoms with van der Waals surface area (Å²) >= 11 is 0. The van der Waals surface area contributed by atoms with Crippen molar-refractivity contribution in [3.63, 3.8) is 0 Å². The largest absolute Gasteiger partial charge is 0.432 e. The molecule has 0 radical (unpaired) electrons. The Morgan fingerprint density at radius 2 is 1.45 bits per heavy atom. The number of benzene rings is 2. The molecule has 11 heteroatoms. The summed E-state index contributed by atoms with van der Waals surface area (Å²) in [6, 6.07) is 4.64. The number of aromatic nitrogens is 1. The normalized spacial score (nSPS) is 22.6. The van der Waals surface area contributed by atoms with E-state index >= 15 is 0 Å². The standard InChI is InChI=1S/C33H34F7NO3/c1-2-3-4-5-19-6-8-20(9-7-19)23-17-42-32(43-18-23)21-10-11-29(41-16-21)22-12-25(34)30(26(35)13-22)33(39,40)44-24-14-27(36)31(38)28(37)15-24/h10-16,19-20,23,32H,2-9,17-18H2,1H3. The summed E-state index contributed by atoms with van der Waals surface area (Å²) in [6.45, 7) is 3.34. The van der Waals surface area contributed by atoms with Crippen LogP contribution in [-0.2, 0) is 15.6 Å². The summed E-state index contributed by atoms with van der Waals surface area (Å²) in [7, 11) is 0. The van der Waals surface area contributed by atoms with Crippen LogP contribution in [0.3, 0.4) is 0 Å². The van der Waals surface area contributed by atoms with E-state index in [9.17, 15) is 30.7 Å². The van der Waals surface area contributed by atoms with Crippen molar-refractivity contribution in [2.24, 2.45) is 17.8 Å². The number of hydrogen-bond donors (Lipinski definition) is 0. The molecule has 0 atom stereocenters. The van der Waals surface area contributed by atoms with Crippen LogP contribution >= 0.6 is 0 Å². The number of halogens is 7. The summed E-state index contributed by atoms with van der Waals surface area (Å²) in [5, 5.41) is 0. The van der Waals surface area contributed by atoms with E-state index in [1.807, 2.05) is 0 Å². The highest BCUT2D eigenvalue weighted by molar-refractivity contribution is 5.60. The van der Waals surface area contributed by atoms with Gasteiger partial charge in [0.1, 0.15) is 22.9 Å². The van der Waals surface area contributed by atoms with Crippen molar-refractivity contribution in [3.05, 3.63) is 82.8 Å². The molecular weight excluding hydrogens is 591 g/mol. The number of nitrogens with zero attached hydrogens (tertiary/aromatic N) is 1. The fourth-order valence-corrected chi connectivity index (χ4v) is 6.12. The van der Waals surface area contributed by atoms with Crippen LogP contribution in [0.5, 0.6) is 5.75 Å². The molecular formula is C33H34F7NO3. The minimum absolute atomic E-state index is 0.0920. The van der Waals surface area contributed by atoms with Gasteiger partial charge in [-0.05, 0) is 42.9 Å². The number of pyridine rings is 1. The first-order valence-corrected chi connectivity index (χ1v) is 15.0. The molecule has 1 aromatic heterocycles. The fraction of sp³-hybridized carbons (Fsp3) is 0.485. The van der Waals surface area contributed by atoms with Crippen LogP contribution in [0.1, 0.15) is 75.7 Å². The fourth-order valence-electron chi connectivity index (χ4n) is 6.12. The van der Waals surface area contributed by atoms with Gasteiger partial charge >= 0.3 is 6.11 Å². The number of hydrogen-bond acceptors (Lipinski definition) is 4. The van der Waals surface area contributed by atoms with Gasteiger partial charge in [0, 0.05) is 35.4 Å². The topological polar surface area (TPSA) is 40.6 Å². The second-order valence-corrected chi connectivity index (χ2v) is 11.6. The van der Waals surface area contributed by atoms with Gasteiger partial charge in [0.2, 0.25) is 0 Å². The zero-order valence-corrected chi connectivity index (χ0v) is 24.2. The maximum absolute atomic E-state index is 14.8. The van der Waals surface area contributed by atoms with Crippen LogP contribution in [-0.4, -0.2) is 18.2 Å². The minimum Gasteiger partial charge on any atom is -0.429 e. The highest BCUT2D eigenvalue weighted by atomic mass is 19.3. The Morgan fingerprint density at radius 3 is 2.02 bits per heavy atom. The molecule has 2 heterocycles. The summed E-state index contributed by atoms with van der Waals surface area (Å²) in [5.41, 5.74) is -1.23. The van der Waals surface area contributed by atoms with Gasteiger partial charge in [-0.25, -0.2) is 22.0 Å². The van der Waals surface area contributed by atoms with Gasteiger partial charge in [0.25, 0.3) is 0 Å². The molecule has 0 N–H and O–H groups in total. The molecule has 2 aromatic carbocycles. The van der Waals surface area contributed by atoms with Crippen LogP contribution in [0.2, 0.25) is 0 Å².